The second-order valence-corrected chi connectivity index (χ2v) is 10.9. The zero-order chi connectivity index (χ0) is 30.7. The van der Waals surface area contributed by atoms with Gasteiger partial charge in [0.05, 0.1) is 13.2 Å². The number of likely N-dealkylation sites (tertiary alicyclic amines) is 1. The standard InChI is InChI=1S/C30H28BrFN6O5/c1-3-43-29(41)11-27-33-12-19(13-34-27)18-7-8-23-21(9-18)22(17(2)39)15-37(23)16-28(40)38-14-20(32)10-24(38)30(42)36-26-6-4-5-25(31)35-26/h4-9,12-13,15,20,24H,3,10-11,14,16H2,1-2H3,(H,35,36,42)/t20-,24+/m1/s1. The van der Waals surface area contributed by atoms with E-state index in [0.29, 0.717) is 32.5 Å². The number of pyridine rings is 1. The van der Waals surface area contributed by atoms with Gasteiger partial charge in [-0.1, -0.05) is 12.1 Å². The number of anilines is 1. The highest BCUT2D eigenvalue weighted by Gasteiger charge is 2.40. The Hall–Kier alpha value is -4.52. The number of hydrogen-bond donors (Lipinski definition) is 1. The monoisotopic (exact) mass is 650 g/mol. The highest BCUT2D eigenvalue weighted by molar-refractivity contribution is 9.10. The predicted octanol–water partition coefficient (Wildman–Crippen LogP) is 4.14. The van der Waals surface area contributed by atoms with Gasteiger partial charge in [-0.05, 0) is 59.6 Å². The highest BCUT2D eigenvalue weighted by Crippen LogP contribution is 2.29. The van der Waals surface area contributed by atoms with E-state index in [1.165, 1.54) is 11.8 Å². The minimum absolute atomic E-state index is 0.0396. The molecule has 2 atom stereocenters. The van der Waals surface area contributed by atoms with Crippen LogP contribution in [0.3, 0.4) is 0 Å². The normalized spacial score (nSPS) is 16.3. The maximum absolute atomic E-state index is 14.5. The minimum Gasteiger partial charge on any atom is -0.466 e. The molecule has 1 fully saturated rings. The van der Waals surface area contributed by atoms with Crippen LogP contribution in [0.4, 0.5) is 10.2 Å². The number of carbonyl (C=O) groups excluding carboxylic acids is 4. The van der Waals surface area contributed by atoms with Crippen molar-refractivity contribution in [3.8, 4) is 11.1 Å². The Labute approximate surface area is 254 Å². The topological polar surface area (TPSA) is 136 Å². The molecule has 0 unspecified atom stereocenters. The van der Waals surface area contributed by atoms with Crippen LogP contribution in [0.1, 0.15) is 36.5 Å². The van der Waals surface area contributed by atoms with Gasteiger partial charge in [-0.15, -0.1) is 0 Å². The summed E-state index contributed by atoms with van der Waals surface area (Å²) in [5.41, 5.74) is 2.44. The van der Waals surface area contributed by atoms with Crippen molar-refractivity contribution >= 4 is 56.2 Å². The Morgan fingerprint density at radius 2 is 1.88 bits per heavy atom. The number of carbonyl (C=O) groups is 4. The van der Waals surface area contributed by atoms with E-state index in [2.05, 4.69) is 36.2 Å². The van der Waals surface area contributed by atoms with Crippen molar-refractivity contribution in [2.75, 3.05) is 18.5 Å². The van der Waals surface area contributed by atoms with Crippen LogP contribution in [0.15, 0.2) is 59.6 Å². The Kier molecular flexibility index (Phi) is 8.90. The van der Waals surface area contributed by atoms with E-state index in [1.807, 2.05) is 12.1 Å². The predicted molar refractivity (Wildman–Crippen MR) is 159 cm³/mol. The number of rotatable bonds is 9. The van der Waals surface area contributed by atoms with Gasteiger partial charge in [0.25, 0.3) is 0 Å². The smallest absolute Gasteiger partial charge is 0.313 e. The summed E-state index contributed by atoms with van der Waals surface area (Å²) < 4.78 is 21.6. The molecule has 5 rings (SSSR count). The van der Waals surface area contributed by atoms with Gasteiger partial charge in [0.15, 0.2) is 5.78 Å². The summed E-state index contributed by atoms with van der Waals surface area (Å²) in [5.74, 6) is -0.979. The van der Waals surface area contributed by atoms with Gasteiger partial charge < -0.3 is 19.5 Å². The number of halogens is 2. The molecule has 0 saturated carbocycles. The van der Waals surface area contributed by atoms with Crippen LogP contribution in [0, 0.1) is 0 Å². The molecular weight excluding hydrogens is 623 g/mol. The number of alkyl halides is 1. The van der Waals surface area contributed by atoms with E-state index in [4.69, 9.17) is 4.74 Å². The van der Waals surface area contributed by atoms with Crippen LogP contribution in [-0.2, 0) is 32.1 Å². The van der Waals surface area contributed by atoms with Crippen molar-refractivity contribution in [3.05, 3.63) is 71.0 Å². The fraction of sp³-hybridized carbons (Fsp3) is 0.300. The second kappa shape index (κ2) is 12.8. The lowest BCUT2D eigenvalue weighted by Gasteiger charge is -2.24. The molecule has 3 aromatic heterocycles. The van der Waals surface area contributed by atoms with Gasteiger partial charge in [0, 0.05) is 47.0 Å². The van der Waals surface area contributed by atoms with Gasteiger partial charge in [-0.25, -0.2) is 19.3 Å². The van der Waals surface area contributed by atoms with E-state index < -0.39 is 30.0 Å². The van der Waals surface area contributed by atoms with E-state index in [0.717, 1.165) is 5.56 Å². The molecule has 11 nitrogen and oxygen atoms in total. The third kappa shape index (κ3) is 6.77. The first kappa shape index (κ1) is 30.0. The Bertz CT molecular complexity index is 1710. The summed E-state index contributed by atoms with van der Waals surface area (Å²) >= 11 is 3.25. The Balaban J connectivity index is 1.36. The third-order valence-electron chi connectivity index (χ3n) is 7.05. The van der Waals surface area contributed by atoms with E-state index in [-0.39, 0.29) is 44.1 Å². The van der Waals surface area contributed by atoms with E-state index in [9.17, 15) is 23.6 Å². The largest absolute Gasteiger partial charge is 0.466 e. The maximum Gasteiger partial charge on any atom is 0.313 e. The highest BCUT2D eigenvalue weighted by atomic mass is 79.9. The van der Waals surface area contributed by atoms with Gasteiger partial charge in [0.1, 0.15) is 41.4 Å². The molecule has 0 aliphatic carbocycles. The van der Waals surface area contributed by atoms with Crippen LogP contribution >= 0.6 is 15.9 Å². The molecule has 4 aromatic rings. The van der Waals surface area contributed by atoms with Crippen molar-refractivity contribution in [1.29, 1.82) is 0 Å². The third-order valence-corrected chi connectivity index (χ3v) is 7.49. The first-order valence-electron chi connectivity index (χ1n) is 13.6. The first-order chi connectivity index (χ1) is 20.6. The van der Waals surface area contributed by atoms with Crippen molar-refractivity contribution in [2.45, 2.75) is 45.4 Å². The molecule has 1 saturated heterocycles. The minimum atomic E-state index is -1.35. The number of nitrogens with one attached hydrogen (secondary N) is 1. The van der Waals surface area contributed by atoms with Crippen LogP contribution in [-0.4, -0.2) is 73.4 Å². The van der Waals surface area contributed by atoms with Gasteiger partial charge in [-0.2, -0.15) is 0 Å². The SMILES string of the molecule is CCOC(=O)Cc1ncc(-c2ccc3c(c2)c(C(C)=O)cn3CC(=O)N2C[C@H](F)C[C@H]2C(=O)Nc2cccc(Br)n2)cn1. The summed E-state index contributed by atoms with van der Waals surface area (Å²) in [6, 6.07) is 9.40. The molecule has 1 aliphatic heterocycles. The lowest BCUT2D eigenvalue weighted by molar-refractivity contribution is -0.142. The van der Waals surface area contributed by atoms with Crippen LogP contribution in [0.2, 0.25) is 0 Å². The number of nitrogens with zero attached hydrogens (tertiary/aromatic N) is 5. The summed E-state index contributed by atoms with van der Waals surface area (Å²) in [7, 11) is 0. The van der Waals surface area contributed by atoms with Crippen molar-refractivity contribution in [3.63, 3.8) is 0 Å². The molecule has 1 aliphatic rings. The summed E-state index contributed by atoms with van der Waals surface area (Å²) in [5, 5.41) is 3.28. The number of fused-ring (bicyclic) bond motifs is 1. The molecule has 43 heavy (non-hydrogen) atoms. The van der Waals surface area contributed by atoms with Gasteiger partial charge in [0.2, 0.25) is 11.8 Å². The number of ketones is 1. The molecule has 0 radical (unpaired) electrons. The second-order valence-electron chi connectivity index (χ2n) is 10.1. The first-order valence-corrected chi connectivity index (χ1v) is 14.4. The number of hydrogen-bond acceptors (Lipinski definition) is 8. The molecule has 1 N–H and O–H groups in total. The molecule has 222 valence electrons. The average molecular weight is 651 g/mol. The van der Waals surface area contributed by atoms with E-state index in [1.54, 1.807) is 54.3 Å². The Morgan fingerprint density at radius 1 is 1.12 bits per heavy atom. The number of amides is 2. The summed E-state index contributed by atoms with van der Waals surface area (Å²) in [4.78, 5) is 64.7. The van der Waals surface area contributed by atoms with Crippen LogP contribution in [0.25, 0.3) is 22.0 Å². The number of benzene rings is 1. The molecule has 1 aromatic carbocycles. The van der Waals surface area contributed by atoms with Crippen molar-refractivity contribution in [1.82, 2.24) is 24.4 Å². The number of aromatic nitrogens is 4. The van der Waals surface area contributed by atoms with Gasteiger partial charge in [-0.3, -0.25) is 19.2 Å². The lowest BCUT2D eigenvalue weighted by Crippen LogP contribution is -2.44. The number of ether oxygens (including phenoxy) is 1. The maximum atomic E-state index is 14.5. The zero-order valence-corrected chi connectivity index (χ0v) is 25.0. The summed E-state index contributed by atoms with van der Waals surface area (Å²) in [6.45, 7) is 3.03. The molecule has 4 heterocycles. The van der Waals surface area contributed by atoms with Crippen molar-refractivity contribution in [2.24, 2.45) is 0 Å². The quantitative estimate of drug-likeness (QED) is 0.162. The summed E-state index contributed by atoms with van der Waals surface area (Å²) in [6.07, 6.45) is 3.26. The van der Waals surface area contributed by atoms with Gasteiger partial charge >= 0.3 is 5.97 Å². The van der Waals surface area contributed by atoms with E-state index >= 15 is 0 Å². The molecule has 0 bridgehead atoms. The zero-order valence-electron chi connectivity index (χ0n) is 23.4. The fourth-order valence-electron chi connectivity index (χ4n) is 5.06. The molecule has 2 amide bonds. The molecular formula is C30H28BrFN6O5. The molecule has 13 heteroatoms. The van der Waals surface area contributed by atoms with Crippen LogP contribution < -0.4 is 5.32 Å². The number of esters is 1. The number of Topliss-reactive ketones (excluding diaryl/α,β-unsaturated/α-hetero) is 1. The average Bonchev–Trinajstić information content (AvgIpc) is 3.54. The van der Waals surface area contributed by atoms with Crippen LogP contribution in [0.5, 0.6) is 0 Å². The lowest BCUT2D eigenvalue weighted by atomic mass is 10.0. The fourth-order valence-corrected chi connectivity index (χ4v) is 5.40. The Morgan fingerprint density at radius 3 is 2.58 bits per heavy atom. The van der Waals surface area contributed by atoms with Crippen molar-refractivity contribution < 1.29 is 28.3 Å². The molecule has 0 spiro atoms.